The number of phenolic OH excluding ortho intramolecular Hbond substituents is 1. The molecule has 0 atom stereocenters. The number of hydrogen-bond acceptors (Lipinski definition) is 5. The monoisotopic (exact) mass is 361 g/mol. The summed E-state index contributed by atoms with van der Waals surface area (Å²) in [5.74, 6) is 1.58. The van der Waals surface area contributed by atoms with E-state index >= 15 is 0 Å². The van der Waals surface area contributed by atoms with E-state index < -0.39 is 0 Å². The van der Waals surface area contributed by atoms with Crippen molar-refractivity contribution in [3.8, 4) is 23.3 Å². The Morgan fingerprint density at radius 1 is 1.30 bits per heavy atom. The van der Waals surface area contributed by atoms with E-state index in [0.717, 1.165) is 16.6 Å². The molecule has 0 saturated heterocycles. The fourth-order valence-corrected chi connectivity index (χ4v) is 2.80. The molecule has 0 bridgehead atoms. The van der Waals surface area contributed by atoms with E-state index in [1.807, 2.05) is 18.2 Å². The SMILES string of the molecule is C=CCc1cc(/C=C(\C#N)c2nc3ccc(OC)cc3[nH]2)cc(OC)c1O. The van der Waals surface area contributed by atoms with Gasteiger partial charge < -0.3 is 19.6 Å². The number of aromatic nitrogens is 2. The Labute approximate surface area is 157 Å². The number of imidazole rings is 1. The number of hydrogen-bond donors (Lipinski definition) is 2. The van der Waals surface area contributed by atoms with Gasteiger partial charge in [0.2, 0.25) is 0 Å². The first-order valence-corrected chi connectivity index (χ1v) is 8.26. The second-order valence-corrected chi connectivity index (χ2v) is 5.86. The summed E-state index contributed by atoms with van der Waals surface area (Å²) in [5.41, 5.74) is 3.27. The van der Waals surface area contributed by atoms with Crippen molar-refractivity contribution < 1.29 is 14.6 Å². The Balaban J connectivity index is 2.07. The Kier molecular flexibility index (Phi) is 5.13. The van der Waals surface area contributed by atoms with Crippen LogP contribution in [0, 0.1) is 11.3 Å². The van der Waals surface area contributed by atoms with Crippen molar-refractivity contribution in [3.05, 3.63) is 59.9 Å². The zero-order valence-corrected chi connectivity index (χ0v) is 15.1. The van der Waals surface area contributed by atoms with Gasteiger partial charge in [0, 0.05) is 11.6 Å². The highest BCUT2D eigenvalue weighted by Crippen LogP contribution is 2.33. The van der Waals surface area contributed by atoms with Crippen LogP contribution < -0.4 is 9.47 Å². The van der Waals surface area contributed by atoms with E-state index in [2.05, 4.69) is 22.6 Å². The van der Waals surface area contributed by atoms with Gasteiger partial charge in [-0.1, -0.05) is 6.08 Å². The lowest BCUT2D eigenvalue weighted by atomic mass is 10.0. The summed E-state index contributed by atoms with van der Waals surface area (Å²) >= 11 is 0. The van der Waals surface area contributed by atoms with Crippen molar-refractivity contribution in [2.45, 2.75) is 6.42 Å². The number of aromatic hydroxyl groups is 1. The summed E-state index contributed by atoms with van der Waals surface area (Å²) < 4.78 is 10.4. The first-order valence-electron chi connectivity index (χ1n) is 8.26. The molecule has 3 aromatic rings. The van der Waals surface area contributed by atoms with Gasteiger partial charge in [0.25, 0.3) is 0 Å². The third kappa shape index (κ3) is 3.62. The largest absolute Gasteiger partial charge is 0.504 e. The van der Waals surface area contributed by atoms with Crippen molar-refractivity contribution in [2.24, 2.45) is 0 Å². The van der Waals surface area contributed by atoms with Gasteiger partial charge in [-0.2, -0.15) is 5.26 Å². The molecule has 1 heterocycles. The zero-order chi connectivity index (χ0) is 19.4. The molecule has 6 nitrogen and oxygen atoms in total. The van der Waals surface area contributed by atoms with Crippen molar-refractivity contribution in [3.63, 3.8) is 0 Å². The Bertz CT molecular complexity index is 1070. The number of aromatic amines is 1. The number of ether oxygens (including phenoxy) is 2. The summed E-state index contributed by atoms with van der Waals surface area (Å²) in [6.07, 6.45) is 3.87. The average molecular weight is 361 g/mol. The number of rotatable bonds is 6. The Morgan fingerprint density at radius 3 is 2.78 bits per heavy atom. The maximum atomic E-state index is 10.2. The molecule has 0 saturated carbocycles. The topological polar surface area (TPSA) is 91.2 Å². The minimum Gasteiger partial charge on any atom is -0.504 e. The molecular weight excluding hydrogens is 342 g/mol. The number of fused-ring (bicyclic) bond motifs is 1. The van der Waals surface area contributed by atoms with Crippen LogP contribution in [-0.4, -0.2) is 29.3 Å². The first-order chi connectivity index (χ1) is 13.1. The quantitative estimate of drug-likeness (QED) is 0.510. The number of allylic oxidation sites excluding steroid dienone is 2. The van der Waals surface area contributed by atoms with Gasteiger partial charge in [0.1, 0.15) is 17.6 Å². The molecule has 27 heavy (non-hydrogen) atoms. The van der Waals surface area contributed by atoms with Crippen LogP contribution in [0.15, 0.2) is 43.0 Å². The van der Waals surface area contributed by atoms with Crippen LogP contribution in [0.25, 0.3) is 22.7 Å². The molecule has 2 aromatic carbocycles. The van der Waals surface area contributed by atoms with E-state index in [9.17, 15) is 10.4 Å². The minimum absolute atomic E-state index is 0.0730. The number of phenols is 1. The van der Waals surface area contributed by atoms with Gasteiger partial charge in [0.15, 0.2) is 11.5 Å². The lowest BCUT2D eigenvalue weighted by Gasteiger charge is -2.09. The second kappa shape index (κ2) is 7.67. The van der Waals surface area contributed by atoms with Crippen molar-refractivity contribution in [2.75, 3.05) is 14.2 Å². The maximum absolute atomic E-state index is 10.2. The van der Waals surface area contributed by atoms with Crippen molar-refractivity contribution >= 4 is 22.7 Å². The van der Waals surface area contributed by atoms with E-state index in [1.54, 1.807) is 31.4 Å². The normalized spacial score (nSPS) is 11.2. The van der Waals surface area contributed by atoms with Crippen LogP contribution in [-0.2, 0) is 6.42 Å². The van der Waals surface area contributed by atoms with Crippen LogP contribution >= 0.6 is 0 Å². The maximum Gasteiger partial charge on any atom is 0.161 e. The molecule has 0 unspecified atom stereocenters. The van der Waals surface area contributed by atoms with Crippen molar-refractivity contribution in [1.82, 2.24) is 9.97 Å². The average Bonchev–Trinajstić information content (AvgIpc) is 3.11. The van der Waals surface area contributed by atoms with Gasteiger partial charge in [-0.05, 0) is 42.3 Å². The lowest BCUT2D eigenvalue weighted by molar-refractivity contribution is 0.371. The highest BCUT2D eigenvalue weighted by molar-refractivity contribution is 5.90. The van der Waals surface area contributed by atoms with Crippen LogP contribution in [0.1, 0.15) is 17.0 Å². The fraction of sp³-hybridized carbons (Fsp3) is 0.143. The standard InChI is InChI=1S/C21H19N3O3/c1-4-5-14-8-13(10-19(27-3)20(14)25)9-15(12-22)21-23-17-7-6-16(26-2)11-18(17)24-21/h4,6-11,25H,1,5H2,2-3H3,(H,23,24)/b15-9+. The van der Waals surface area contributed by atoms with E-state index in [-0.39, 0.29) is 5.75 Å². The van der Waals surface area contributed by atoms with Gasteiger partial charge >= 0.3 is 0 Å². The third-order valence-electron chi connectivity index (χ3n) is 4.14. The number of nitrogens with zero attached hydrogens (tertiary/aromatic N) is 2. The third-order valence-corrected chi connectivity index (χ3v) is 4.14. The van der Waals surface area contributed by atoms with Gasteiger partial charge in [0.05, 0.1) is 30.8 Å². The molecule has 2 N–H and O–H groups in total. The van der Waals surface area contributed by atoms with Gasteiger partial charge in [-0.25, -0.2) is 4.98 Å². The predicted molar refractivity (Wildman–Crippen MR) is 105 cm³/mol. The highest BCUT2D eigenvalue weighted by atomic mass is 16.5. The van der Waals surface area contributed by atoms with Crippen molar-refractivity contribution in [1.29, 1.82) is 5.26 Å². The summed E-state index contributed by atoms with van der Waals surface area (Å²) in [6, 6.07) is 11.1. The van der Waals surface area contributed by atoms with E-state index in [1.165, 1.54) is 7.11 Å². The highest BCUT2D eigenvalue weighted by Gasteiger charge is 2.12. The van der Waals surface area contributed by atoms with Gasteiger partial charge in [-0.3, -0.25) is 0 Å². The van der Waals surface area contributed by atoms with E-state index in [0.29, 0.717) is 34.9 Å². The zero-order valence-electron chi connectivity index (χ0n) is 15.1. The number of H-pyrrole nitrogens is 1. The van der Waals surface area contributed by atoms with Crippen LogP contribution in [0.3, 0.4) is 0 Å². The predicted octanol–water partition coefficient (Wildman–Crippen LogP) is 4.08. The summed E-state index contributed by atoms with van der Waals surface area (Å²) in [4.78, 5) is 7.62. The molecular formula is C21H19N3O3. The molecule has 0 fully saturated rings. The molecule has 136 valence electrons. The number of nitriles is 1. The molecule has 0 amide bonds. The summed E-state index contributed by atoms with van der Waals surface area (Å²) in [7, 11) is 3.08. The summed E-state index contributed by atoms with van der Waals surface area (Å²) in [6.45, 7) is 3.70. The number of methoxy groups -OCH3 is 2. The van der Waals surface area contributed by atoms with Crippen LogP contribution in [0.5, 0.6) is 17.2 Å². The molecule has 0 radical (unpaired) electrons. The summed E-state index contributed by atoms with van der Waals surface area (Å²) in [5, 5.41) is 19.8. The second-order valence-electron chi connectivity index (χ2n) is 5.86. The number of nitrogens with one attached hydrogen (secondary N) is 1. The molecule has 6 heteroatoms. The molecule has 1 aromatic heterocycles. The molecule has 0 aliphatic rings. The molecule has 0 aliphatic heterocycles. The lowest BCUT2D eigenvalue weighted by Crippen LogP contribution is -1.92. The Morgan fingerprint density at radius 2 is 2.11 bits per heavy atom. The van der Waals surface area contributed by atoms with Crippen LogP contribution in [0.4, 0.5) is 0 Å². The molecule has 0 aliphatic carbocycles. The first kappa shape index (κ1) is 18.1. The number of benzene rings is 2. The molecule has 0 spiro atoms. The smallest absolute Gasteiger partial charge is 0.161 e. The van der Waals surface area contributed by atoms with E-state index in [4.69, 9.17) is 9.47 Å². The fourth-order valence-electron chi connectivity index (χ4n) is 2.80. The molecule has 3 rings (SSSR count). The van der Waals surface area contributed by atoms with Crippen LogP contribution in [0.2, 0.25) is 0 Å². The Hall–Kier alpha value is -3.72. The minimum atomic E-state index is 0.0730. The van der Waals surface area contributed by atoms with Gasteiger partial charge in [-0.15, -0.1) is 6.58 Å².